The van der Waals surface area contributed by atoms with Crippen molar-refractivity contribution in [3.8, 4) is 0 Å². The highest BCUT2D eigenvalue weighted by Gasteiger charge is 2.17. The Morgan fingerprint density at radius 2 is 1.97 bits per heavy atom. The summed E-state index contributed by atoms with van der Waals surface area (Å²) in [5, 5.41) is 3.55. The fourth-order valence-corrected chi connectivity index (χ4v) is 4.75. The van der Waals surface area contributed by atoms with Crippen LogP contribution in [0.5, 0.6) is 0 Å². The van der Waals surface area contributed by atoms with Crippen LogP contribution >= 0.6 is 23.1 Å². The molecule has 0 saturated heterocycles. The van der Waals surface area contributed by atoms with E-state index < -0.39 is 17.2 Å². The van der Waals surface area contributed by atoms with Crippen LogP contribution in [0.25, 0.3) is 10.2 Å². The molecule has 0 atom stereocenters. The van der Waals surface area contributed by atoms with Crippen LogP contribution in [-0.4, -0.2) is 30.3 Å². The molecule has 0 aliphatic heterocycles. The summed E-state index contributed by atoms with van der Waals surface area (Å²) in [4.78, 5) is 55.4. The number of fused-ring (bicyclic) bond motifs is 1. The smallest absolute Gasteiger partial charge is 0.311 e. The maximum absolute atomic E-state index is 13.0. The summed E-state index contributed by atoms with van der Waals surface area (Å²) >= 11 is 2.54. The minimum atomic E-state index is -0.541. The van der Waals surface area contributed by atoms with E-state index in [9.17, 15) is 19.2 Å². The molecule has 0 fully saturated rings. The van der Waals surface area contributed by atoms with Crippen molar-refractivity contribution >= 4 is 45.0 Å². The van der Waals surface area contributed by atoms with Crippen LogP contribution in [0.4, 0.5) is 5.82 Å². The fourth-order valence-electron chi connectivity index (χ4n) is 2.87. The Kier molecular flexibility index (Phi) is 6.13. The normalized spacial score (nSPS) is 11.1. The van der Waals surface area contributed by atoms with Crippen molar-refractivity contribution in [1.29, 1.82) is 0 Å². The van der Waals surface area contributed by atoms with Crippen LogP contribution < -0.4 is 22.1 Å². The molecular formula is C19H21N5O4S2. The molecule has 3 aromatic heterocycles. The van der Waals surface area contributed by atoms with E-state index in [2.05, 4.69) is 16.9 Å². The first-order chi connectivity index (χ1) is 14.1. The molecule has 158 valence electrons. The van der Waals surface area contributed by atoms with Gasteiger partial charge in [-0.05, 0) is 19.4 Å². The van der Waals surface area contributed by atoms with Crippen LogP contribution in [0, 0.1) is 13.8 Å². The fraction of sp³-hybridized carbons (Fsp3) is 0.316. The second-order valence-corrected chi connectivity index (χ2v) is 8.81. The first-order valence-electron chi connectivity index (χ1n) is 8.96. The number of thioether (sulfide) groups is 1. The molecule has 0 radical (unpaired) electrons. The molecule has 0 unspecified atom stereocenters. The van der Waals surface area contributed by atoms with Crippen molar-refractivity contribution in [3.63, 3.8) is 0 Å². The summed E-state index contributed by atoms with van der Waals surface area (Å²) in [6.45, 7) is 7.79. The Balaban J connectivity index is 1.88. The van der Waals surface area contributed by atoms with Gasteiger partial charge in [0.15, 0.2) is 5.16 Å². The number of nitrogens with zero attached hydrogens (tertiary/aromatic N) is 4. The van der Waals surface area contributed by atoms with Crippen molar-refractivity contribution < 1.29 is 4.79 Å². The minimum Gasteiger partial charge on any atom is -0.311 e. The lowest BCUT2D eigenvalue weighted by molar-refractivity contribution is -0.113. The van der Waals surface area contributed by atoms with Gasteiger partial charge in [-0.1, -0.05) is 17.8 Å². The molecule has 3 heterocycles. The number of carbonyl (C=O) groups excluding carboxylic acids is 1. The van der Waals surface area contributed by atoms with Gasteiger partial charge in [-0.25, -0.2) is 9.78 Å². The van der Waals surface area contributed by atoms with Gasteiger partial charge in [0.2, 0.25) is 5.91 Å². The lowest BCUT2D eigenvalue weighted by atomic mass is 10.2. The highest BCUT2D eigenvalue weighted by molar-refractivity contribution is 7.99. The van der Waals surface area contributed by atoms with Gasteiger partial charge < -0.3 is 5.32 Å². The molecule has 1 N–H and O–H groups in total. The van der Waals surface area contributed by atoms with Gasteiger partial charge in [-0.15, -0.1) is 17.9 Å². The summed E-state index contributed by atoms with van der Waals surface area (Å²) in [6.07, 6.45) is 1.60. The number of anilines is 1. The third-order valence-corrected chi connectivity index (χ3v) is 6.77. The lowest BCUT2D eigenvalue weighted by Crippen LogP contribution is -2.38. The zero-order chi connectivity index (χ0) is 22.2. The number of hydrogen-bond donors (Lipinski definition) is 1. The summed E-state index contributed by atoms with van der Waals surface area (Å²) in [7, 11) is 2.82. The molecular weight excluding hydrogens is 426 g/mol. The summed E-state index contributed by atoms with van der Waals surface area (Å²) in [5.74, 6) is -0.381. The average molecular weight is 448 g/mol. The standard InChI is InChI=1S/C19H21N5O4S2/c1-6-7-24-17(27)15-10(2)11(3)30-16(15)21-18(24)29-9-13(25)20-12-8-14(26)23(5)19(28)22(12)4/h6,8H,1,7,9H2,2-5H3,(H,20,25). The van der Waals surface area contributed by atoms with Crippen molar-refractivity contribution in [2.45, 2.75) is 25.5 Å². The molecule has 1 amide bonds. The molecule has 0 aliphatic rings. The monoisotopic (exact) mass is 447 g/mol. The van der Waals surface area contributed by atoms with Crippen LogP contribution in [0.3, 0.4) is 0 Å². The molecule has 30 heavy (non-hydrogen) atoms. The third-order valence-electron chi connectivity index (χ3n) is 4.69. The maximum atomic E-state index is 13.0. The molecule has 0 aliphatic carbocycles. The molecule has 0 spiro atoms. The minimum absolute atomic E-state index is 0.0537. The van der Waals surface area contributed by atoms with Crippen LogP contribution in [0.1, 0.15) is 10.4 Å². The van der Waals surface area contributed by atoms with E-state index in [1.165, 1.54) is 40.6 Å². The van der Waals surface area contributed by atoms with E-state index in [1.54, 1.807) is 6.08 Å². The van der Waals surface area contributed by atoms with Gasteiger partial charge in [-0.2, -0.15) is 0 Å². The SMILES string of the molecule is C=CCn1c(SCC(=O)Nc2cc(=O)n(C)c(=O)n2C)nc2sc(C)c(C)c2c1=O. The first kappa shape index (κ1) is 21.8. The molecule has 0 aromatic carbocycles. The van der Waals surface area contributed by atoms with Gasteiger partial charge in [-0.3, -0.25) is 28.1 Å². The Hall–Kier alpha value is -2.92. The van der Waals surface area contributed by atoms with Crippen molar-refractivity contribution in [2.24, 2.45) is 14.1 Å². The number of thiophene rings is 1. The highest BCUT2D eigenvalue weighted by atomic mass is 32.2. The van der Waals surface area contributed by atoms with Crippen LogP contribution in [0.15, 0.2) is 38.3 Å². The molecule has 0 saturated carbocycles. The predicted octanol–water partition coefficient (Wildman–Crippen LogP) is 1.39. The first-order valence-corrected chi connectivity index (χ1v) is 10.8. The van der Waals surface area contributed by atoms with Crippen molar-refractivity contribution in [1.82, 2.24) is 18.7 Å². The molecule has 11 heteroatoms. The van der Waals surface area contributed by atoms with Crippen molar-refractivity contribution in [2.75, 3.05) is 11.1 Å². The quantitative estimate of drug-likeness (QED) is 0.348. The summed E-state index contributed by atoms with van der Waals surface area (Å²) in [6, 6.07) is 1.18. The Labute approximate surface area is 179 Å². The van der Waals surface area contributed by atoms with E-state index in [-0.39, 0.29) is 23.7 Å². The number of allylic oxidation sites excluding steroid dienone is 1. The number of hydrogen-bond acceptors (Lipinski definition) is 7. The topological polar surface area (TPSA) is 108 Å². The van der Waals surface area contributed by atoms with Gasteiger partial charge in [0.1, 0.15) is 10.6 Å². The zero-order valence-corrected chi connectivity index (χ0v) is 18.6. The number of aryl methyl sites for hydroxylation is 2. The largest absolute Gasteiger partial charge is 0.332 e. The summed E-state index contributed by atoms with van der Waals surface area (Å²) < 4.78 is 3.61. The Morgan fingerprint density at radius 3 is 2.63 bits per heavy atom. The zero-order valence-electron chi connectivity index (χ0n) is 17.0. The van der Waals surface area contributed by atoms with Gasteiger partial charge in [0.05, 0.1) is 11.1 Å². The Bertz CT molecular complexity index is 1350. The number of rotatable bonds is 6. The number of aromatic nitrogens is 4. The van der Waals surface area contributed by atoms with E-state index in [4.69, 9.17) is 0 Å². The Morgan fingerprint density at radius 1 is 1.27 bits per heavy atom. The average Bonchev–Trinajstić information content (AvgIpc) is 2.99. The molecule has 9 nitrogen and oxygen atoms in total. The highest BCUT2D eigenvalue weighted by Crippen LogP contribution is 2.28. The molecule has 3 aromatic rings. The van der Waals surface area contributed by atoms with Gasteiger partial charge in [0, 0.05) is 31.6 Å². The second-order valence-electron chi connectivity index (χ2n) is 6.67. The third kappa shape index (κ3) is 3.90. The second kappa shape index (κ2) is 8.44. The number of carbonyl (C=O) groups is 1. The van der Waals surface area contributed by atoms with E-state index in [0.717, 1.165) is 26.8 Å². The van der Waals surface area contributed by atoms with Crippen LogP contribution in [0.2, 0.25) is 0 Å². The molecule has 3 rings (SSSR count). The van der Waals surface area contributed by atoms with E-state index >= 15 is 0 Å². The summed E-state index contributed by atoms with van der Waals surface area (Å²) in [5.41, 5.74) is -0.318. The lowest BCUT2D eigenvalue weighted by Gasteiger charge is -2.12. The number of amides is 1. The van der Waals surface area contributed by atoms with Crippen molar-refractivity contribution in [3.05, 3.63) is 60.4 Å². The van der Waals surface area contributed by atoms with Crippen LogP contribution in [-0.2, 0) is 25.4 Å². The van der Waals surface area contributed by atoms with Gasteiger partial charge >= 0.3 is 5.69 Å². The van der Waals surface area contributed by atoms with E-state index in [1.807, 2.05) is 13.8 Å². The maximum Gasteiger partial charge on any atom is 0.332 e. The van der Waals surface area contributed by atoms with Gasteiger partial charge in [0.25, 0.3) is 11.1 Å². The predicted molar refractivity (Wildman–Crippen MR) is 120 cm³/mol. The molecule has 0 bridgehead atoms. The number of nitrogens with one attached hydrogen (secondary N) is 1. The van der Waals surface area contributed by atoms with E-state index in [0.29, 0.717) is 15.4 Å².